The fourth-order valence-electron chi connectivity index (χ4n) is 2.61. The molecule has 1 aliphatic heterocycles. The van der Waals surface area contributed by atoms with E-state index < -0.39 is 24.0 Å². The van der Waals surface area contributed by atoms with Crippen LogP contribution in [0, 0.1) is 17.2 Å². The Kier molecular flexibility index (Phi) is 7.34. The first kappa shape index (κ1) is 20.9. The van der Waals surface area contributed by atoms with E-state index in [1.54, 1.807) is 19.1 Å². The summed E-state index contributed by atoms with van der Waals surface area (Å²) in [5.41, 5.74) is 0.498. The lowest BCUT2D eigenvalue weighted by molar-refractivity contribution is -0.125. The number of amides is 1. The zero-order valence-corrected chi connectivity index (χ0v) is 16.2. The Labute approximate surface area is 160 Å². The quantitative estimate of drug-likeness (QED) is 0.732. The summed E-state index contributed by atoms with van der Waals surface area (Å²) in [4.78, 5) is 26.4. The molecule has 1 atom stereocenters. The molecule has 2 rings (SSSR count). The molecule has 0 unspecified atom stereocenters. The first-order chi connectivity index (χ1) is 12.8. The van der Waals surface area contributed by atoms with Crippen LogP contribution < -0.4 is 5.32 Å². The number of hydrogen-bond donors (Lipinski definition) is 1. The molecule has 7 nitrogen and oxygen atoms in total. The van der Waals surface area contributed by atoms with E-state index in [0.29, 0.717) is 5.56 Å². The number of morpholine rings is 1. The van der Waals surface area contributed by atoms with Gasteiger partial charge in [0.2, 0.25) is 0 Å². The Morgan fingerprint density at radius 2 is 1.93 bits per heavy atom. The van der Waals surface area contributed by atoms with E-state index in [4.69, 9.17) is 9.47 Å². The second kappa shape index (κ2) is 9.49. The van der Waals surface area contributed by atoms with Gasteiger partial charge in [0.25, 0.3) is 5.91 Å². The summed E-state index contributed by atoms with van der Waals surface area (Å²) in [6.45, 7) is 9.00. The van der Waals surface area contributed by atoms with Crippen LogP contribution in [0.4, 0.5) is 0 Å². The first-order valence-corrected chi connectivity index (χ1v) is 9.12. The van der Waals surface area contributed by atoms with Crippen LogP contribution in [0.1, 0.15) is 36.7 Å². The van der Waals surface area contributed by atoms with Gasteiger partial charge in [-0.2, -0.15) is 5.26 Å². The third kappa shape index (κ3) is 6.05. The van der Waals surface area contributed by atoms with Gasteiger partial charge in [0.1, 0.15) is 5.54 Å². The molecule has 1 heterocycles. The summed E-state index contributed by atoms with van der Waals surface area (Å²) >= 11 is 0. The van der Waals surface area contributed by atoms with Crippen molar-refractivity contribution in [1.29, 1.82) is 5.26 Å². The molecule has 0 aromatic heterocycles. The van der Waals surface area contributed by atoms with Crippen molar-refractivity contribution in [2.45, 2.75) is 32.9 Å². The lowest BCUT2D eigenvalue weighted by atomic mass is 9.90. The number of nitrogens with zero attached hydrogens (tertiary/aromatic N) is 2. The normalized spacial score (nSPS) is 17.0. The topological polar surface area (TPSA) is 91.7 Å². The largest absolute Gasteiger partial charge is 0.452 e. The lowest BCUT2D eigenvalue weighted by Crippen LogP contribution is -2.50. The Bertz CT molecular complexity index is 690. The molecule has 27 heavy (non-hydrogen) atoms. The molecule has 0 radical (unpaired) electrons. The van der Waals surface area contributed by atoms with E-state index in [-0.39, 0.29) is 5.92 Å². The highest BCUT2D eigenvalue weighted by Gasteiger charge is 2.30. The van der Waals surface area contributed by atoms with Crippen LogP contribution in [0.2, 0.25) is 0 Å². The van der Waals surface area contributed by atoms with Crippen molar-refractivity contribution >= 4 is 11.9 Å². The van der Waals surface area contributed by atoms with Crippen molar-refractivity contribution in [3.63, 3.8) is 0 Å². The minimum absolute atomic E-state index is 0.0684. The standard InChI is InChI=1S/C20H27N3O4/c1-15(2)20(3,14-21)22-18(24)13-27-19(25)17-6-4-16(5-7-17)12-23-8-10-26-11-9-23/h4-7,15H,8-13H2,1-3H3,(H,22,24)/t20-/m1/s1. The summed E-state index contributed by atoms with van der Waals surface area (Å²) < 4.78 is 10.4. The lowest BCUT2D eigenvalue weighted by Gasteiger charge is -2.27. The van der Waals surface area contributed by atoms with Crippen molar-refractivity contribution in [3.8, 4) is 6.07 Å². The molecule has 1 saturated heterocycles. The molecule has 0 saturated carbocycles. The molecule has 1 aromatic carbocycles. The molecule has 1 N–H and O–H groups in total. The summed E-state index contributed by atoms with van der Waals surface area (Å²) in [5.74, 6) is -1.13. The van der Waals surface area contributed by atoms with E-state index in [9.17, 15) is 14.9 Å². The molecule has 0 spiro atoms. The highest BCUT2D eigenvalue weighted by molar-refractivity contribution is 5.91. The van der Waals surface area contributed by atoms with Gasteiger partial charge in [0, 0.05) is 19.6 Å². The van der Waals surface area contributed by atoms with Crippen molar-refractivity contribution in [2.24, 2.45) is 5.92 Å². The van der Waals surface area contributed by atoms with Gasteiger partial charge in [0.05, 0.1) is 24.8 Å². The van der Waals surface area contributed by atoms with E-state index in [2.05, 4.69) is 16.3 Å². The Morgan fingerprint density at radius 3 is 2.48 bits per heavy atom. The van der Waals surface area contributed by atoms with Gasteiger partial charge in [-0.3, -0.25) is 9.69 Å². The van der Waals surface area contributed by atoms with E-state index in [1.165, 1.54) is 0 Å². The summed E-state index contributed by atoms with van der Waals surface area (Å²) in [5, 5.41) is 11.8. The van der Waals surface area contributed by atoms with E-state index >= 15 is 0 Å². The van der Waals surface area contributed by atoms with Crippen LogP contribution in [0.3, 0.4) is 0 Å². The van der Waals surface area contributed by atoms with Crippen molar-refractivity contribution in [1.82, 2.24) is 10.2 Å². The molecule has 0 bridgehead atoms. The van der Waals surface area contributed by atoms with Crippen LogP contribution in [-0.4, -0.2) is 55.2 Å². The van der Waals surface area contributed by atoms with Gasteiger partial charge < -0.3 is 14.8 Å². The maximum absolute atomic E-state index is 12.1. The minimum atomic E-state index is -0.995. The van der Waals surface area contributed by atoms with Gasteiger partial charge >= 0.3 is 5.97 Å². The zero-order chi connectivity index (χ0) is 19.9. The Hall–Kier alpha value is -2.43. The maximum atomic E-state index is 12.1. The molecule has 1 fully saturated rings. The molecule has 1 aliphatic rings. The van der Waals surface area contributed by atoms with Crippen LogP contribution in [0.25, 0.3) is 0 Å². The number of esters is 1. The van der Waals surface area contributed by atoms with Crippen LogP contribution >= 0.6 is 0 Å². The number of nitrogens with one attached hydrogen (secondary N) is 1. The van der Waals surface area contributed by atoms with Crippen LogP contribution in [-0.2, 0) is 20.8 Å². The third-order valence-corrected chi connectivity index (χ3v) is 4.82. The number of ether oxygens (including phenoxy) is 2. The smallest absolute Gasteiger partial charge is 0.338 e. The molecule has 146 valence electrons. The highest BCUT2D eigenvalue weighted by atomic mass is 16.5. The predicted molar refractivity (Wildman–Crippen MR) is 99.8 cm³/mol. The molecule has 0 aliphatic carbocycles. The van der Waals surface area contributed by atoms with E-state index in [0.717, 1.165) is 38.4 Å². The number of nitriles is 1. The van der Waals surface area contributed by atoms with Crippen molar-refractivity contribution < 1.29 is 19.1 Å². The van der Waals surface area contributed by atoms with Crippen LogP contribution in [0.15, 0.2) is 24.3 Å². The van der Waals surface area contributed by atoms with Gasteiger partial charge in [-0.05, 0) is 30.5 Å². The Balaban J connectivity index is 1.83. The van der Waals surface area contributed by atoms with Gasteiger partial charge in [-0.15, -0.1) is 0 Å². The average molecular weight is 373 g/mol. The summed E-state index contributed by atoms with van der Waals surface area (Å²) in [7, 11) is 0. The molecular weight excluding hydrogens is 346 g/mol. The SMILES string of the molecule is CC(C)[C@@](C)(C#N)NC(=O)COC(=O)c1ccc(CN2CCOCC2)cc1. The predicted octanol–water partition coefficient (Wildman–Crippen LogP) is 1.73. The van der Waals surface area contributed by atoms with E-state index in [1.807, 2.05) is 26.0 Å². The molecule has 1 aromatic rings. The maximum Gasteiger partial charge on any atom is 0.338 e. The number of benzene rings is 1. The zero-order valence-electron chi connectivity index (χ0n) is 16.2. The van der Waals surface area contributed by atoms with Crippen molar-refractivity contribution in [3.05, 3.63) is 35.4 Å². The molecule has 7 heteroatoms. The number of carbonyl (C=O) groups excluding carboxylic acids is 2. The second-order valence-electron chi connectivity index (χ2n) is 7.18. The van der Waals surface area contributed by atoms with Crippen LogP contribution in [0.5, 0.6) is 0 Å². The van der Waals surface area contributed by atoms with Gasteiger partial charge in [-0.25, -0.2) is 4.79 Å². The highest BCUT2D eigenvalue weighted by Crippen LogP contribution is 2.15. The van der Waals surface area contributed by atoms with Gasteiger partial charge in [0.15, 0.2) is 6.61 Å². The number of rotatable bonds is 7. The first-order valence-electron chi connectivity index (χ1n) is 9.12. The molecular formula is C20H27N3O4. The average Bonchev–Trinajstić information content (AvgIpc) is 2.67. The fraction of sp³-hybridized carbons (Fsp3) is 0.550. The minimum Gasteiger partial charge on any atom is -0.452 e. The third-order valence-electron chi connectivity index (χ3n) is 4.82. The summed E-state index contributed by atoms with van der Waals surface area (Å²) in [6.07, 6.45) is 0. The van der Waals surface area contributed by atoms with Gasteiger partial charge in [-0.1, -0.05) is 26.0 Å². The fourth-order valence-corrected chi connectivity index (χ4v) is 2.61. The number of carbonyl (C=O) groups is 2. The monoisotopic (exact) mass is 373 g/mol. The second-order valence-corrected chi connectivity index (χ2v) is 7.18. The number of hydrogen-bond acceptors (Lipinski definition) is 6. The summed E-state index contributed by atoms with van der Waals surface area (Å²) in [6, 6.07) is 9.25. The van der Waals surface area contributed by atoms with Crippen molar-refractivity contribution in [2.75, 3.05) is 32.9 Å². The molecule has 1 amide bonds. The Morgan fingerprint density at radius 1 is 1.30 bits per heavy atom.